The summed E-state index contributed by atoms with van der Waals surface area (Å²) in [5.41, 5.74) is 5.26. The predicted octanol–water partition coefficient (Wildman–Crippen LogP) is 2.60. The van der Waals surface area contributed by atoms with Crippen LogP contribution in [0.2, 0.25) is 0 Å². The van der Waals surface area contributed by atoms with Crippen molar-refractivity contribution in [2.24, 2.45) is 5.14 Å². The van der Waals surface area contributed by atoms with E-state index in [-0.39, 0.29) is 11.5 Å². The van der Waals surface area contributed by atoms with Crippen molar-refractivity contribution in [3.63, 3.8) is 0 Å². The van der Waals surface area contributed by atoms with Crippen LogP contribution in [0.3, 0.4) is 0 Å². The molecule has 7 nitrogen and oxygen atoms in total. The van der Waals surface area contributed by atoms with Crippen LogP contribution in [0.5, 0.6) is 0 Å². The molecule has 1 aromatic heterocycles. The molecule has 0 aliphatic carbocycles. The number of sulfonamides is 1. The molecular formula is C20H23N3O4S. The van der Waals surface area contributed by atoms with E-state index in [0.29, 0.717) is 19.6 Å². The molecule has 148 valence electrons. The molecule has 0 spiro atoms. The first kappa shape index (κ1) is 20.2. The lowest BCUT2D eigenvalue weighted by Crippen LogP contribution is -2.11. The van der Waals surface area contributed by atoms with E-state index >= 15 is 0 Å². The third-order valence-corrected chi connectivity index (χ3v) is 5.26. The van der Waals surface area contributed by atoms with Crippen molar-refractivity contribution in [1.82, 2.24) is 10.2 Å². The van der Waals surface area contributed by atoms with Crippen molar-refractivity contribution in [1.29, 1.82) is 0 Å². The molecule has 0 aliphatic rings. The van der Waals surface area contributed by atoms with Gasteiger partial charge in [-0.2, -0.15) is 5.10 Å². The summed E-state index contributed by atoms with van der Waals surface area (Å²) in [4.78, 5) is 0.0531. The minimum atomic E-state index is -3.76. The van der Waals surface area contributed by atoms with Gasteiger partial charge in [0.25, 0.3) is 0 Å². The average Bonchev–Trinajstić information content (AvgIpc) is 3.09. The first-order valence-electron chi connectivity index (χ1n) is 8.86. The molecule has 0 fully saturated rings. The molecular weight excluding hydrogens is 378 g/mol. The zero-order chi connectivity index (χ0) is 20.1. The zero-order valence-electron chi connectivity index (χ0n) is 15.6. The highest BCUT2D eigenvalue weighted by molar-refractivity contribution is 7.89. The number of ether oxygens (including phenoxy) is 1. The van der Waals surface area contributed by atoms with Crippen molar-refractivity contribution in [3.05, 3.63) is 59.8 Å². The number of H-pyrrole nitrogens is 1. The van der Waals surface area contributed by atoms with Crippen LogP contribution in [0, 0.1) is 6.92 Å². The number of hydrogen-bond acceptors (Lipinski definition) is 5. The van der Waals surface area contributed by atoms with Gasteiger partial charge in [-0.15, -0.1) is 0 Å². The van der Waals surface area contributed by atoms with Crippen LogP contribution < -0.4 is 5.14 Å². The number of primary sulfonamides is 1. The van der Waals surface area contributed by atoms with E-state index in [4.69, 9.17) is 15.0 Å². The number of benzene rings is 2. The molecule has 0 saturated carbocycles. The Morgan fingerprint density at radius 1 is 1.07 bits per heavy atom. The quantitative estimate of drug-likeness (QED) is 0.501. The molecule has 0 bridgehead atoms. The van der Waals surface area contributed by atoms with Gasteiger partial charge >= 0.3 is 0 Å². The van der Waals surface area contributed by atoms with Crippen LogP contribution in [-0.2, 0) is 21.4 Å². The second kappa shape index (κ2) is 8.66. The summed E-state index contributed by atoms with van der Waals surface area (Å²) in [6, 6.07) is 14.4. The van der Waals surface area contributed by atoms with Gasteiger partial charge in [-0.1, -0.05) is 42.0 Å². The maximum Gasteiger partial charge on any atom is 0.238 e. The van der Waals surface area contributed by atoms with Crippen molar-refractivity contribution >= 4 is 10.0 Å². The fraction of sp³-hybridized carbons (Fsp3) is 0.250. The van der Waals surface area contributed by atoms with Gasteiger partial charge in [-0.05, 0) is 31.0 Å². The number of aryl methyl sites for hydroxylation is 1. The number of aromatic amines is 1. The second-order valence-electron chi connectivity index (χ2n) is 6.49. The zero-order valence-corrected chi connectivity index (χ0v) is 16.4. The molecule has 0 saturated heterocycles. The molecule has 0 unspecified atom stereocenters. The van der Waals surface area contributed by atoms with Gasteiger partial charge in [0.05, 0.1) is 17.2 Å². The number of aromatic nitrogens is 2. The highest BCUT2D eigenvalue weighted by Gasteiger charge is 2.18. The normalized spacial score (nSPS) is 11.7. The summed E-state index contributed by atoms with van der Waals surface area (Å²) in [6.07, 6.45) is 0.553. The Balaban J connectivity index is 2.02. The molecule has 1 heterocycles. The van der Waals surface area contributed by atoms with Crippen LogP contribution in [0.4, 0.5) is 0 Å². The van der Waals surface area contributed by atoms with Crippen molar-refractivity contribution in [2.45, 2.75) is 24.8 Å². The van der Waals surface area contributed by atoms with E-state index < -0.39 is 10.0 Å². The summed E-state index contributed by atoms with van der Waals surface area (Å²) in [5, 5.41) is 21.6. The number of nitrogens with two attached hydrogens (primary N) is 1. The van der Waals surface area contributed by atoms with Gasteiger partial charge in [0.2, 0.25) is 10.0 Å². The molecule has 28 heavy (non-hydrogen) atoms. The number of aliphatic hydroxyl groups is 1. The lowest BCUT2D eigenvalue weighted by atomic mass is 9.98. The number of hydrogen-bond donors (Lipinski definition) is 3. The highest BCUT2D eigenvalue weighted by atomic mass is 32.2. The monoisotopic (exact) mass is 401 g/mol. The summed E-state index contributed by atoms with van der Waals surface area (Å²) in [7, 11) is -3.76. The molecule has 2 aromatic carbocycles. The van der Waals surface area contributed by atoms with Gasteiger partial charge in [-0.25, -0.2) is 13.6 Å². The summed E-state index contributed by atoms with van der Waals surface area (Å²) >= 11 is 0. The van der Waals surface area contributed by atoms with Crippen LogP contribution in [0.15, 0.2) is 53.4 Å². The molecule has 0 radical (unpaired) electrons. The number of nitrogens with zero attached hydrogens (tertiary/aromatic N) is 1. The fourth-order valence-corrected chi connectivity index (χ4v) is 3.38. The van der Waals surface area contributed by atoms with Gasteiger partial charge in [0, 0.05) is 24.3 Å². The van der Waals surface area contributed by atoms with E-state index in [1.807, 2.05) is 31.2 Å². The SMILES string of the molecule is Cc1ccc(-c2n[nH]c(COCCCO)c2-c2ccc(S(N)(=O)=O)cc2)cc1. The highest BCUT2D eigenvalue weighted by Crippen LogP contribution is 2.34. The number of nitrogens with one attached hydrogen (secondary N) is 1. The first-order valence-corrected chi connectivity index (χ1v) is 10.4. The van der Waals surface area contributed by atoms with Crippen molar-refractivity contribution in [2.75, 3.05) is 13.2 Å². The van der Waals surface area contributed by atoms with E-state index in [2.05, 4.69) is 10.2 Å². The number of aliphatic hydroxyl groups excluding tert-OH is 1. The van der Waals surface area contributed by atoms with Gasteiger partial charge in [0.15, 0.2) is 0 Å². The number of rotatable bonds is 8. The van der Waals surface area contributed by atoms with Crippen molar-refractivity contribution < 1.29 is 18.3 Å². The predicted molar refractivity (Wildman–Crippen MR) is 107 cm³/mol. The lowest BCUT2D eigenvalue weighted by molar-refractivity contribution is 0.102. The third kappa shape index (κ3) is 4.66. The molecule has 0 atom stereocenters. The van der Waals surface area contributed by atoms with Crippen LogP contribution >= 0.6 is 0 Å². The van der Waals surface area contributed by atoms with Crippen LogP contribution in [0.1, 0.15) is 17.7 Å². The Morgan fingerprint density at radius 3 is 2.32 bits per heavy atom. The summed E-state index contributed by atoms with van der Waals surface area (Å²) in [6.45, 7) is 2.81. The average molecular weight is 401 g/mol. The molecule has 0 amide bonds. The van der Waals surface area contributed by atoms with Gasteiger partial charge in [0.1, 0.15) is 5.69 Å². The molecule has 8 heteroatoms. The Morgan fingerprint density at radius 2 is 1.71 bits per heavy atom. The van der Waals surface area contributed by atoms with Gasteiger partial charge in [-0.3, -0.25) is 5.10 Å². The molecule has 0 aliphatic heterocycles. The first-order chi connectivity index (χ1) is 13.4. The van der Waals surface area contributed by atoms with E-state index in [1.165, 1.54) is 12.1 Å². The molecule has 3 aromatic rings. The molecule has 4 N–H and O–H groups in total. The Hall–Kier alpha value is -2.52. The fourth-order valence-electron chi connectivity index (χ4n) is 2.87. The van der Waals surface area contributed by atoms with Crippen LogP contribution in [0.25, 0.3) is 22.4 Å². The van der Waals surface area contributed by atoms with Crippen LogP contribution in [-0.4, -0.2) is 36.9 Å². The minimum absolute atomic E-state index is 0.0531. The Kier molecular flexibility index (Phi) is 6.25. The smallest absolute Gasteiger partial charge is 0.238 e. The standard InChI is InChI=1S/C20H23N3O4S/c1-14-3-5-16(6-4-14)20-19(18(22-23-20)13-27-12-2-11-24)15-7-9-17(10-8-15)28(21,25)26/h3-10,24H,2,11-13H2,1H3,(H,22,23)(H2,21,25,26). The summed E-state index contributed by atoms with van der Waals surface area (Å²) < 4.78 is 28.7. The summed E-state index contributed by atoms with van der Waals surface area (Å²) in [5.74, 6) is 0. The minimum Gasteiger partial charge on any atom is -0.396 e. The van der Waals surface area contributed by atoms with Crippen molar-refractivity contribution in [3.8, 4) is 22.4 Å². The second-order valence-corrected chi connectivity index (χ2v) is 8.05. The van der Waals surface area contributed by atoms with E-state index in [9.17, 15) is 8.42 Å². The van der Waals surface area contributed by atoms with E-state index in [1.54, 1.807) is 12.1 Å². The Bertz CT molecular complexity index is 1030. The Labute approximate surface area is 164 Å². The van der Waals surface area contributed by atoms with Gasteiger partial charge < -0.3 is 9.84 Å². The maximum absolute atomic E-state index is 11.5. The largest absolute Gasteiger partial charge is 0.396 e. The lowest BCUT2D eigenvalue weighted by Gasteiger charge is -2.09. The van der Waals surface area contributed by atoms with E-state index in [0.717, 1.165) is 33.6 Å². The molecule has 3 rings (SSSR count). The topological polar surface area (TPSA) is 118 Å². The maximum atomic E-state index is 11.5. The third-order valence-electron chi connectivity index (χ3n) is 4.33.